The van der Waals surface area contributed by atoms with E-state index in [1.165, 1.54) is 0 Å². The fraction of sp³-hybridized carbons (Fsp3) is 0.562. The number of amides is 2. The van der Waals surface area contributed by atoms with Crippen molar-refractivity contribution in [2.24, 2.45) is 5.92 Å². The monoisotopic (exact) mass is 319 g/mol. The highest BCUT2D eigenvalue weighted by atomic mass is 16.5. The van der Waals surface area contributed by atoms with Crippen molar-refractivity contribution in [3.05, 3.63) is 29.4 Å². The molecule has 0 spiro atoms. The molecule has 0 saturated heterocycles. The number of carbonyl (C=O) groups is 1. The van der Waals surface area contributed by atoms with Crippen molar-refractivity contribution in [2.75, 3.05) is 5.32 Å². The second kappa shape index (κ2) is 7.30. The second-order valence-corrected chi connectivity index (χ2v) is 6.35. The molecule has 0 aliphatic rings. The minimum Gasteiger partial charge on any atom is -0.361 e. The average Bonchev–Trinajstić information content (AvgIpc) is 2.99. The molecule has 0 aliphatic heterocycles. The number of hydrogen-bond donors (Lipinski definition) is 2. The Bertz CT molecular complexity index is 640. The topological polar surface area (TPSA) is 85.0 Å². The smallest absolute Gasteiger partial charge is 0.319 e. The summed E-state index contributed by atoms with van der Waals surface area (Å²) in [5, 5.41) is 13.9. The highest BCUT2D eigenvalue weighted by Crippen LogP contribution is 2.14. The van der Waals surface area contributed by atoms with Crippen molar-refractivity contribution in [2.45, 2.75) is 53.6 Å². The van der Waals surface area contributed by atoms with Crippen LogP contribution in [-0.4, -0.2) is 27.0 Å². The number of carbonyl (C=O) groups excluding carboxylic acids is 1. The number of nitrogens with zero attached hydrogens (tertiary/aromatic N) is 3. The Morgan fingerprint density at radius 3 is 2.70 bits per heavy atom. The number of aryl methyl sites for hydroxylation is 2. The van der Waals surface area contributed by atoms with Crippen molar-refractivity contribution >= 4 is 11.7 Å². The van der Waals surface area contributed by atoms with E-state index in [-0.39, 0.29) is 12.1 Å². The maximum absolute atomic E-state index is 12.1. The Kier molecular flexibility index (Phi) is 5.41. The number of nitrogens with one attached hydrogen (secondary N) is 2. The molecule has 0 bridgehead atoms. The van der Waals surface area contributed by atoms with Crippen LogP contribution in [-0.2, 0) is 13.0 Å². The highest BCUT2D eigenvalue weighted by molar-refractivity contribution is 5.89. The Hall–Kier alpha value is -2.31. The van der Waals surface area contributed by atoms with Gasteiger partial charge in [-0.1, -0.05) is 19.0 Å². The molecule has 2 heterocycles. The molecular formula is C16H25N5O2. The summed E-state index contributed by atoms with van der Waals surface area (Å²) < 4.78 is 6.97. The van der Waals surface area contributed by atoms with E-state index in [1.807, 2.05) is 31.6 Å². The first kappa shape index (κ1) is 17.1. The van der Waals surface area contributed by atoms with Crippen LogP contribution in [0.25, 0.3) is 0 Å². The highest BCUT2D eigenvalue weighted by Gasteiger charge is 2.15. The zero-order chi connectivity index (χ0) is 17.0. The summed E-state index contributed by atoms with van der Waals surface area (Å²) in [7, 11) is 0. The molecule has 0 fully saturated rings. The van der Waals surface area contributed by atoms with Gasteiger partial charge in [0.05, 0.1) is 17.6 Å². The van der Waals surface area contributed by atoms with E-state index in [4.69, 9.17) is 4.52 Å². The molecule has 0 aromatic carbocycles. The van der Waals surface area contributed by atoms with E-state index in [2.05, 4.69) is 34.7 Å². The summed E-state index contributed by atoms with van der Waals surface area (Å²) in [6, 6.07) is -0.272. The largest absolute Gasteiger partial charge is 0.361 e. The molecule has 2 rings (SSSR count). The van der Waals surface area contributed by atoms with Gasteiger partial charge in [0.1, 0.15) is 5.76 Å². The molecule has 2 aromatic heterocycles. The Labute approximate surface area is 136 Å². The normalized spacial score (nSPS) is 12.4. The fourth-order valence-electron chi connectivity index (χ4n) is 2.44. The average molecular weight is 319 g/mol. The molecule has 2 amide bonds. The van der Waals surface area contributed by atoms with Gasteiger partial charge in [-0.2, -0.15) is 5.10 Å². The van der Waals surface area contributed by atoms with Crippen molar-refractivity contribution in [3.63, 3.8) is 0 Å². The van der Waals surface area contributed by atoms with Crippen LogP contribution >= 0.6 is 0 Å². The number of rotatable bonds is 6. The van der Waals surface area contributed by atoms with E-state index < -0.39 is 0 Å². The first-order chi connectivity index (χ1) is 10.8. The minimum atomic E-state index is -0.242. The van der Waals surface area contributed by atoms with E-state index in [0.717, 1.165) is 23.6 Å². The van der Waals surface area contributed by atoms with Gasteiger partial charge in [-0.05, 0) is 33.1 Å². The molecule has 2 aromatic rings. The van der Waals surface area contributed by atoms with Crippen LogP contribution in [0, 0.1) is 19.8 Å². The van der Waals surface area contributed by atoms with Gasteiger partial charge in [-0.15, -0.1) is 0 Å². The SMILES string of the molecule is Cc1noc(C)c1C[C@@H](C)NC(=O)Nc1cnn(CC(C)C)c1. The molecule has 0 saturated carbocycles. The van der Waals surface area contributed by atoms with Crippen LogP contribution in [0.5, 0.6) is 0 Å². The lowest BCUT2D eigenvalue weighted by Crippen LogP contribution is -2.37. The third kappa shape index (κ3) is 4.84. The maximum atomic E-state index is 12.1. The molecule has 7 heteroatoms. The maximum Gasteiger partial charge on any atom is 0.319 e. The van der Waals surface area contributed by atoms with Crippen molar-refractivity contribution in [3.8, 4) is 0 Å². The number of urea groups is 1. The molecule has 0 aliphatic carbocycles. The summed E-state index contributed by atoms with van der Waals surface area (Å²) in [5.74, 6) is 1.30. The first-order valence-corrected chi connectivity index (χ1v) is 7.87. The van der Waals surface area contributed by atoms with Gasteiger partial charge < -0.3 is 15.2 Å². The van der Waals surface area contributed by atoms with Crippen LogP contribution in [0.2, 0.25) is 0 Å². The quantitative estimate of drug-likeness (QED) is 0.857. The zero-order valence-electron chi connectivity index (χ0n) is 14.4. The first-order valence-electron chi connectivity index (χ1n) is 7.87. The van der Waals surface area contributed by atoms with E-state index in [9.17, 15) is 4.79 Å². The zero-order valence-corrected chi connectivity index (χ0v) is 14.4. The summed E-state index contributed by atoms with van der Waals surface area (Å²) in [6.07, 6.45) is 4.17. The third-order valence-electron chi connectivity index (χ3n) is 3.51. The van der Waals surface area contributed by atoms with Crippen molar-refractivity contribution in [1.82, 2.24) is 20.3 Å². The molecule has 2 N–H and O–H groups in total. The minimum absolute atomic E-state index is 0.0301. The summed E-state index contributed by atoms with van der Waals surface area (Å²) >= 11 is 0. The van der Waals surface area contributed by atoms with Crippen LogP contribution in [0.4, 0.5) is 10.5 Å². The van der Waals surface area contributed by atoms with Crippen molar-refractivity contribution < 1.29 is 9.32 Å². The third-order valence-corrected chi connectivity index (χ3v) is 3.51. The predicted molar refractivity (Wildman–Crippen MR) is 88.4 cm³/mol. The van der Waals surface area contributed by atoms with Gasteiger partial charge >= 0.3 is 6.03 Å². The van der Waals surface area contributed by atoms with Crippen molar-refractivity contribution in [1.29, 1.82) is 0 Å². The number of hydrogen-bond acceptors (Lipinski definition) is 4. The number of anilines is 1. The van der Waals surface area contributed by atoms with Gasteiger partial charge in [0.25, 0.3) is 0 Å². The van der Waals surface area contributed by atoms with Gasteiger partial charge in [0.15, 0.2) is 0 Å². The summed E-state index contributed by atoms with van der Waals surface area (Å²) in [4.78, 5) is 12.1. The predicted octanol–water partition coefficient (Wildman–Crippen LogP) is 2.90. The molecule has 23 heavy (non-hydrogen) atoms. The number of aromatic nitrogens is 3. The van der Waals surface area contributed by atoms with E-state index in [0.29, 0.717) is 18.0 Å². The van der Waals surface area contributed by atoms with E-state index in [1.54, 1.807) is 6.20 Å². The Morgan fingerprint density at radius 2 is 2.09 bits per heavy atom. The molecule has 7 nitrogen and oxygen atoms in total. The van der Waals surface area contributed by atoms with Crippen LogP contribution in [0.3, 0.4) is 0 Å². The summed E-state index contributed by atoms with van der Waals surface area (Å²) in [6.45, 7) is 10.8. The van der Waals surface area contributed by atoms with Gasteiger partial charge in [-0.25, -0.2) is 4.79 Å². The molecule has 126 valence electrons. The Morgan fingerprint density at radius 1 is 1.35 bits per heavy atom. The van der Waals surface area contributed by atoms with Crippen LogP contribution in [0.1, 0.15) is 37.8 Å². The lowest BCUT2D eigenvalue weighted by atomic mass is 10.1. The fourth-order valence-corrected chi connectivity index (χ4v) is 2.44. The van der Waals surface area contributed by atoms with Gasteiger partial charge in [0, 0.05) is 24.3 Å². The second-order valence-electron chi connectivity index (χ2n) is 6.35. The summed E-state index contributed by atoms with van der Waals surface area (Å²) in [5.41, 5.74) is 2.60. The van der Waals surface area contributed by atoms with Crippen LogP contribution < -0.4 is 10.6 Å². The lowest BCUT2D eigenvalue weighted by molar-refractivity contribution is 0.249. The molecular weight excluding hydrogens is 294 g/mol. The van der Waals surface area contributed by atoms with Gasteiger partial charge in [0.2, 0.25) is 0 Å². The van der Waals surface area contributed by atoms with Gasteiger partial charge in [-0.3, -0.25) is 4.68 Å². The van der Waals surface area contributed by atoms with Crippen LogP contribution in [0.15, 0.2) is 16.9 Å². The van der Waals surface area contributed by atoms with E-state index >= 15 is 0 Å². The molecule has 0 radical (unpaired) electrons. The standard InChI is InChI=1S/C16H25N5O2/c1-10(2)8-21-9-14(7-17-21)19-16(22)18-11(3)6-15-12(4)20-23-13(15)5/h7,9-11H,6,8H2,1-5H3,(H2,18,19,22)/t11-/m1/s1. The lowest BCUT2D eigenvalue weighted by Gasteiger charge is -2.14. The molecule has 1 atom stereocenters. The molecule has 0 unspecified atom stereocenters. The Balaban J connectivity index is 1.85.